The van der Waals surface area contributed by atoms with Gasteiger partial charge in [0.15, 0.2) is 0 Å². The predicted octanol–water partition coefficient (Wildman–Crippen LogP) is 1.93. The largest absolute Gasteiger partial charge is 0.508 e. The van der Waals surface area contributed by atoms with Gasteiger partial charge in [-0.15, -0.1) is 0 Å². The number of rotatable bonds is 9. The summed E-state index contributed by atoms with van der Waals surface area (Å²) < 4.78 is 5.62. The SMILES string of the molecule is Cc1ccc(OCC(=CC=O)Nc2cc(CC(N)C(=O)O)c(O)cc2O)cc1. The smallest absolute Gasteiger partial charge is 0.320 e. The Labute approximate surface area is 161 Å². The first-order valence-corrected chi connectivity index (χ1v) is 8.44. The van der Waals surface area contributed by atoms with Gasteiger partial charge in [0, 0.05) is 18.6 Å². The number of nitrogens with two attached hydrogens (primary N) is 1. The maximum Gasteiger partial charge on any atom is 0.320 e. The van der Waals surface area contributed by atoms with E-state index in [1.807, 2.05) is 19.1 Å². The third-order valence-corrected chi connectivity index (χ3v) is 3.93. The van der Waals surface area contributed by atoms with Crippen LogP contribution in [0.15, 0.2) is 48.2 Å². The van der Waals surface area contributed by atoms with Gasteiger partial charge >= 0.3 is 5.97 Å². The summed E-state index contributed by atoms with van der Waals surface area (Å²) in [6, 6.07) is 8.59. The second-order valence-corrected chi connectivity index (χ2v) is 6.20. The molecule has 0 radical (unpaired) electrons. The molecule has 2 rings (SSSR count). The molecule has 2 aromatic rings. The van der Waals surface area contributed by atoms with Crippen molar-refractivity contribution in [2.24, 2.45) is 5.73 Å². The molecule has 28 heavy (non-hydrogen) atoms. The molecule has 2 aromatic carbocycles. The lowest BCUT2D eigenvalue weighted by atomic mass is 10.0. The van der Waals surface area contributed by atoms with Gasteiger partial charge in [0.25, 0.3) is 0 Å². The van der Waals surface area contributed by atoms with E-state index in [-0.39, 0.29) is 35.8 Å². The number of phenolic OH excluding ortho intramolecular Hbond substituents is 2. The van der Waals surface area contributed by atoms with Gasteiger partial charge in [0.1, 0.15) is 36.2 Å². The summed E-state index contributed by atoms with van der Waals surface area (Å²) in [5.74, 6) is -1.17. The van der Waals surface area contributed by atoms with Crippen molar-refractivity contribution in [2.75, 3.05) is 11.9 Å². The van der Waals surface area contributed by atoms with E-state index in [0.29, 0.717) is 17.7 Å². The maximum absolute atomic E-state index is 10.9. The van der Waals surface area contributed by atoms with Gasteiger partial charge in [-0.25, -0.2) is 0 Å². The second kappa shape index (κ2) is 9.43. The zero-order valence-corrected chi connectivity index (χ0v) is 15.3. The number of aldehydes is 1. The number of carboxylic acids is 1. The molecule has 0 fully saturated rings. The van der Waals surface area contributed by atoms with E-state index in [0.717, 1.165) is 11.6 Å². The Kier molecular flexibility index (Phi) is 7.00. The molecular weight excluding hydrogens is 364 g/mol. The number of nitrogens with one attached hydrogen (secondary N) is 1. The maximum atomic E-state index is 10.9. The van der Waals surface area contributed by atoms with Crippen LogP contribution in [0, 0.1) is 6.92 Å². The molecule has 6 N–H and O–H groups in total. The number of benzene rings is 2. The van der Waals surface area contributed by atoms with Gasteiger partial charge in [0.2, 0.25) is 0 Å². The van der Waals surface area contributed by atoms with E-state index in [1.54, 1.807) is 12.1 Å². The number of carbonyl (C=O) groups excluding carboxylic acids is 1. The lowest BCUT2D eigenvalue weighted by Crippen LogP contribution is -2.32. The van der Waals surface area contributed by atoms with Crippen molar-refractivity contribution < 1.29 is 29.6 Å². The molecule has 0 aliphatic heterocycles. The molecule has 1 unspecified atom stereocenters. The molecule has 0 aromatic heterocycles. The average Bonchev–Trinajstić information content (AvgIpc) is 2.64. The summed E-state index contributed by atoms with van der Waals surface area (Å²) in [4.78, 5) is 21.9. The summed E-state index contributed by atoms with van der Waals surface area (Å²) >= 11 is 0. The molecule has 0 aliphatic carbocycles. The molecule has 0 saturated carbocycles. The minimum atomic E-state index is -1.21. The zero-order chi connectivity index (χ0) is 20.7. The first-order chi connectivity index (χ1) is 13.3. The summed E-state index contributed by atoms with van der Waals surface area (Å²) in [5.41, 5.74) is 7.35. The number of hydrogen-bond acceptors (Lipinski definition) is 7. The fourth-order valence-electron chi connectivity index (χ4n) is 2.39. The molecule has 0 amide bonds. The number of phenols is 2. The first-order valence-electron chi connectivity index (χ1n) is 8.44. The highest BCUT2D eigenvalue weighted by Crippen LogP contribution is 2.33. The van der Waals surface area contributed by atoms with Crippen LogP contribution in [0.2, 0.25) is 0 Å². The number of carboxylic acid groups (broad SMARTS) is 1. The van der Waals surface area contributed by atoms with Gasteiger partial charge in [0.05, 0.1) is 11.4 Å². The molecule has 8 heteroatoms. The molecule has 148 valence electrons. The number of aromatic hydroxyl groups is 2. The minimum Gasteiger partial charge on any atom is -0.508 e. The van der Waals surface area contributed by atoms with Crippen LogP contribution < -0.4 is 15.8 Å². The van der Waals surface area contributed by atoms with Crippen molar-refractivity contribution in [1.82, 2.24) is 0 Å². The van der Waals surface area contributed by atoms with Crippen LogP contribution in [0.25, 0.3) is 0 Å². The van der Waals surface area contributed by atoms with E-state index in [1.165, 1.54) is 12.1 Å². The second-order valence-electron chi connectivity index (χ2n) is 6.20. The van der Waals surface area contributed by atoms with Crippen LogP contribution in [0.5, 0.6) is 17.2 Å². The van der Waals surface area contributed by atoms with E-state index >= 15 is 0 Å². The Hall–Kier alpha value is -3.52. The van der Waals surface area contributed by atoms with Gasteiger partial charge < -0.3 is 31.1 Å². The summed E-state index contributed by atoms with van der Waals surface area (Å²) in [5, 5.41) is 31.8. The number of aliphatic carboxylic acids is 1. The Bertz CT molecular complexity index is 877. The van der Waals surface area contributed by atoms with Crippen molar-refractivity contribution in [2.45, 2.75) is 19.4 Å². The average molecular weight is 386 g/mol. The van der Waals surface area contributed by atoms with E-state index < -0.39 is 12.0 Å². The normalized spacial score (nSPS) is 12.3. The number of aryl methyl sites for hydroxylation is 1. The van der Waals surface area contributed by atoms with Crippen LogP contribution >= 0.6 is 0 Å². The summed E-state index contributed by atoms with van der Waals surface area (Å²) in [6.07, 6.45) is 1.67. The molecule has 0 aliphatic rings. The van der Waals surface area contributed by atoms with Crippen LogP contribution in [-0.4, -0.2) is 40.2 Å². The Balaban J connectivity index is 2.17. The van der Waals surface area contributed by atoms with Crippen molar-refractivity contribution in [3.8, 4) is 17.2 Å². The van der Waals surface area contributed by atoms with Crippen LogP contribution in [0.1, 0.15) is 11.1 Å². The fourth-order valence-corrected chi connectivity index (χ4v) is 2.39. The highest BCUT2D eigenvalue weighted by atomic mass is 16.5. The van der Waals surface area contributed by atoms with E-state index in [2.05, 4.69) is 5.32 Å². The lowest BCUT2D eigenvalue weighted by Gasteiger charge is -2.16. The highest BCUT2D eigenvalue weighted by Gasteiger charge is 2.17. The minimum absolute atomic E-state index is 0.0199. The zero-order valence-electron chi connectivity index (χ0n) is 15.3. The van der Waals surface area contributed by atoms with E-state index in [9.17, 15) is 19.8 Å². The number of anilines is 1. The molecule has 0 saturated heterocycles. The van der Waals surface area contributed by atoms with Gasteiger partial charge in [-0.2, -0.15) is 0 Å². The van der Waals surface area contributed by atoms with Crippen molar-refractivity contribution in [3.05, 3.63) is 59.3 Å². The van der Waals surface area contributed by atoms with Gasteiger partial charge in [-0.05, 0) is 30.7 Å². The highest BCUT2D eigenvalue weighted by molar-refractivity contribution is 5.74. The number of allylic oxidation sites excluding steroid dienone is 1. The summed E-state index contributed by atoms with van der Waals surface area (Å²) in [7, 11) is 0. The Morgan fingerprint density at radius 3 is 2.50 bits per heavy atom. The molecule has 8 nitrogen and oxygen atoms in total. The molecule has 1 atom stereocenters. The van der Waals surface area contributed by atoms with Crippen molar-refractivity contribution >= 4 is 17.9 Å². The third kappa shape index (κ3) is 5.75. The van der Waals surface area contributed by atoms with Crippen molar-refractivity contribution in [3.63, 3.8) is 0 Å². The molecule has 0 spiro atoms. The Morgan fingerprint density at radius 1 is 1.21 bits per heavy atom. The topological polar surface area (TPSA) is 142 Å². The van der Waals surface area contributed by atoms with Crippen LogP contribution in [-0.2, 0) is 16.0 Å². The van der Waals surface area contributed by atoms with Crippen molar-refractivity contribution in [1.29, 1.82) is 0 Å². The molecule has 0 bridgehead atoms. The van der Waals surface area contributed by atoms with E-state index in [4.69, 9.17) is 15.6 Å². The molecule has 0 heterocycles. The number of hydrogen-bond donors (Lipinski definition) is 5. The van der Waals surface area contributed by atoms with Crippen LogP contribution in [0.4, 0.5) is 5.69 Å². The number of ether oxygens (including phenoxy) is 1. The quantitative estimate of drug-likeness (QED) is 0.190. The van der Waals surface area contributed by atoms with Crippen LogP contribution in [0.3, 0.4) is 0 Å². The third-order valence-electron chi connectivity index (χ3n) is 3.93. The first kappa shape index (κ1) is 20.8. The standard InChI is InChI=1S/C20H22N2O6/c1-12-2-4-15(5-3-12)28-11-14(6-7-23)22-17-9-13(8-16(21)20(26)27)18(24)10-19(17)25/h2-7,9-10,16,22,24-25H,8,11,21H2,1H3,(H,26,27). The molecular formula is C20H22N2O6. The monoisotopic (exact) mass is 386 g/mol. The number of carbonyl (C=O) groups is 2. The predicted molar refractivity (Wildman–Crippen MR) is 104 cm³/mol. The lowest BCUT2D eigenvalue weighted by molar-refractivity contribution is -0.138. The Morgan fingerprint density at radius 2 is 1.89 bits per heavy atom. The van der Waals surface area contributed by atoms with Gasteiger partial charge in [-0.3, -0.25) is 9.59 Å². The summed E-state index contributed by atoms with van der Waals surface area (Å²) in [6.45, 7) is 1.97. The van der Waals surface area contributed by atoms with Gasteiger partial charge in [-0.1, -0.05) is 17.7 Å². The fraction of sp³-hybridized carbons (Fsp3) is 0.200.